The molecule has 2 amide bonds. The second-order valence-corrected chi connectivity index (χ2v) is 10.2. The van der Waals surface area contributed by atoms with Crippen LogP contribution in [0.25, 0.3) is 16.8 Å². The van der Waals surface area contributed by atoms with E-state index in [0.717, 1.165) is 25.2 Å². The van der Waals surface area contributed by atoms with Crippen LogP contribution in [0.15, 0.2) is 48.9 Å². The Hall–Kier alpha value is -4.38. The summed E-state index contributed by atoms with van der Waals surface area (Å²) in [6.45, 7) is 2.76. The molecule has 0 radical (unpaired) electrons. The van der Waals surface area contributed by atoms with Crippen LogP contribution in [0.3, 0.4) is 0 Å². The fourth-order valence-corrected chi connectivity index (χ4v) is 5.18. The standard InChI is InChI=1S/C28H27ClFN7O3/c1-16(7-12-38)28(40)36-10-2-3-18(15-36)26-35-23(24-25(31)33-9-11-37(24)26)20-5-4-17(13-21(20)30)27(39)34-22-14-19(29)6-8-32-22/h4-6,8-9,11-14,16,18H,2-3,7,10,15H2,1H3,(H2,31,33)(H,32,34,39)/t16?,18-/m1/s1. The summed E-state index contributed by atoms with van der Waals surface area (Å²) in [6, 6.07) is 7.16. The predicted molar refractivity (Wildman–Crippen MR) is 148 cm³/mol. The van der Waals surface area contributed by atoms with E-state index >= 15 is 4.39 Å². The van der Waals surface area contributed by atoms with Crippen molar-refractivity contribution in [2.75, 3.05) is 24.1 Å². The molecule has 1 unspecified atom stereocenters. The van der Waals surface area contributed by atoms with Gasteiger partial charge in [0.1, 0.15) is 40.8 Å². The highest BCUT2D eigenvalue weighted by Gasteiger charge is 2.31. The Bertz CT molecular complexity index is 1610. The van der Waals surface area contributed by atoms with Gasteiger partial charge in [-0.3, -0.25) is 14.0 Å². The first-order valence-corrected chi connectivity index (χ1v) is 13.2. The topological polar surface area (TPSA) is 136 Å². The number of rotatable bonds is 7. The number of piperidine rings is 1. The molecule has 4 heterocycles. The zero-order chi connectivity index (χ0) is 28.4. The van der Waals surface area contributed by atoms with Gasteiger partial charge in [0.25, 0.3) is 5.91 Å². The molecule has 40 heavy (non-hydrogen) atoms. The number of nitrogen functional groups attached to an aromatic ring is 1. The number of halogens is 2. The fraction of sp³-hybridized carbons (Fsp3) is 0.286. The molecule has 1 saturated heterocycles. The smallest absolute Gasteiger partial charge is 0.256 e. The Morgan fingerprint density at radius 2 is 2.08 bits per heavy atom. The lowest BCUT2D eigenvalue weighted by Gasteiger charge is -2.33. The highest BCUT2D eigenvalue weighted by Crippen LogP contribution is 2.35. The molecule has 3 N–H and O–H groups in total. The molecule has 5 rings (SSSR count). The van der Waals surface area contributed by atoms with Crippen molar-refractivity contribution in [2.24, 2.45) is 5.92 Å². The molecule has 1 aliphatic rings. The van der Waals surface area contributed by atoms with Gasteiger partial charge < -0.3 is 20.7 Å². The summed E-state index contributed by atoms with van der Waals surface area (Å²) in [4.78, 5) is 51.3. The number of hydrogen-bond acceptors (Lipinski definition) is 7. The molecule has 3 aromatic heterocycles. The molecule has 10 nitrogen and oxygen atoms in total. The highest BCUT2D eigenvalue weighted by molar-refractivity contribution is 6.30. The Morgan fingerprint density at radius 3 is 2.83 bits per heavy atom. The first kappa shape index (κ1) is 27.2. The SMILES string of the molecule is CC(CC=O)C(=O)N1CCC[C@@H](c2nc(-c3ccc(C(=O)Nc4cc(Cl)ccn4)cc3F)c3c(N)nccn23)C1. The van der Waals surface area contributed by atoms with Gasteiger partial charge in [-0.1, -0.05) is 18.5 Å². The number of amides is 2. The van der Waals surface area contributed by atoms with E-state index in [4.69, 9.17) is 22.3 Å². The van der Waals surface area contributed by atoms with Crippen LogP contribution in [0.1, 0.15) is 48.3 Å². The number of likely N-dealkylation sites (tertiary alicyclic amines) is 1. The predicted octanol–water partition coefficient (Wildman–Crippen LogP) is 4.35. The molecular weight excluding hydrogens is 537 g/mol. The van der Waals surface area contributed by atoms with E-state index in [0.29, 0.717) is 35.1 Å². The minimum atomic E-state index is -0.662. The zero-order valence-corrected chi connectivity index (χ0v) is 22.4. The molecule has 206 valence electrons. The maximum atomic E-state index is 15.5. The van der Waals surface area contributed by atoms with E-state index in [1.54, 1.807) is 34.7 Å². The lowest BCUT2D eigenvalue weighted by atomic mass is 9.95. The Balaban J connectivity index is 1.47. The zero-order valence-electron chi connectivity index (χ0n) is 21.7. The third-order valence-corrected chi connectivity index (χ3v) is 7.26. The minimum Gasteiger partial charge on any atom is -0.382 e. The summed E-state index contributed by atoms with van der Waals surface area (Å²) in [5.74, 6) is -0.776. The van der Waals surface area contributed by atoms with Crippen LogP contribution in [-0.4, -0.2) is 55.4 Å². The van der Waals surface area contributed by atoms with Crippen molar-refractivity contribution in [2.45, 2.75) is 32.1 Å². The van der Waals surface area contributed by atoms with Crippen molar-refractivity contribution < 1.29 is 18.8 Å². The average molecular weight is 564 g/mol. The van der Waals surface area contributed by atoms with Gasteiger partial charge in [0.05, 0.1) is 0 Å². The first-order chi connectivity index (χ1) is 19.3. The van der Waals surface area contributed by atoms with E-state index in [-0.39, 0.29) is 41.0 Å². The van der Waals surface area contributed by atoms with Crippen LogP contribution >= 0.6 is 11.6 Å². The molecular formula is C28H27ClFN7O3. The molecule has 4 aromatic rings. The summed E-state index contributed by atoms with van der Waals surface area (Å²) in [5, 5.41) is 3.00. The van der Waals surface area contributed by atoms with Crippen molar-refractivity contribution in [3.05, 3.63) is 71.2 Å². The third-order valence-electron chi connectivity index (χ3n) is 7.03. The number of nitrogens with zero attached hydrogens (tertiary/aromatic N) is 5. The summed E-state index contributed by atoms with van der Waals surface area (Å²) in [6.07, 6.45) is 7.16. The number of pyridine rings is 1. The quantitative estimate of drug-likeness (QED) is 0.319. The minimum absolute atomic E-state index is 0.0769. The maximum Gasteiger partial charge on any atom is 0.256 e. The van der Waals surface area contributed by atoms with Crippen LogP contribution in [0.5, 0.6) is 0 Å². The molecule has 1 aliphatic heterocycles. The number of nitrogens with one attached hydrogen (secondary N) is 1. The van der Waals surface area contributed by atoms with E-state index < -0.39 is 17.6 Å². The van der Waals surface area contributed by atoms with Crippen molar-refractivity contribution in [1.29, 1.82) is 0 Å². The van der Waals surface area contributed by atoms with Gasteiger partial charge in [-0.2, -0.15) is 0 Å². The highest BCUT2D eigenvalue weighted by atomic mass is 35.5. The second kappa shape index (κ2) is 11.4. The molecule has 0 saturated carbocycles. The summed E-state index contributed by atoms with van der Waals surface area (Å²) in [5.41, 5.74) is 7.21. The van der Waals surface area contributed by atoms with Gasteiger partial charge in [-0.25, -0.2) is 19.3 Å². The molecule has 0 spiro atoms. The lowest BCUT2D eigenvalue weighted by molar-refractivity contribution is -0.137. The van der Waals surface area contributed by atoms with Crippen molar-refractivity contribution in [3.8, 4) is 11.3 Å². The van der Waals surface area contributed by atoms with E-state index in [2.05, 4.69) is 15.3 Å². The van der Waals surface area contributed by atoms with E-state index in [1.807, 2.05) is 0 Å². The van der Waals surface area contributed by atoms with Crippen LogP contribution in [0.4, 0.5) is 16.0 Å². The fourth-order valence-electron chi connectivity index (χ4n) is 5.02. The summed E-state index contributed by atoms with van der Waals surface area (Å²) in [7, 11) is 0. The Kier molecular flexibility index (Phi) is 7.74. The van der Waals surface area contributed by atoms with Crippen molar-refractivity contribution in [1.82, 2.24) is 24.3 Å². The van der Waals surface area contributed by atoms with E-state index in [1.165, 1.54) is 24.4 Å². The van der Waals surface area contributed by atoms with Crippen LogP contribution in [0, 0.1) is 11.7 Å². The number of benzene rings is 1. The number of hydrogen-bond donors (Lipinski definition) is 2. The van der Waals surface area contributed by atoms with Crippen LogP contribution in [0.2, 0.25) is 5.02 Å². The molecule has 0 bridgehead atoms. The Morgan fingerprint density at radius 1 is 1.25 bits per heavy atom. The average Bonchev–Trinajstić information content (AvgIpc) is 3.33. The van der Waals surface area contributed by atoms with Gasteiger partial charge in [0.2, 0.25) is 5.91 Å². The van der Waals surface area contributed by atoms with Gasteiger partial charge in [0, 0.05) is 66.1 Å². The number of aldehydes is 1. The van der Waals surface area contributed by atoms with Gasteiger partial charge >= 0.3 is 0 Å². The van der Waals surface area contributed by atoms with Gasteiger partial charge in [0.15, 0.2) is 0 Å². The Labute approximate surface area is 234 Å². The monoisotopic (exact) mass is 563 g/mol. The number of carbonyl (C=O) groups excluding carboxylic acids is 3. The van der Waals surface area contributed by atoms with E-state index in [9.17, 15) is 14.4 Å². The maximum absolute atomic E-state index is 15.5. The van der Waals surface area contributed by atoms with Gasteiger partial charge in [-0.15, -0.1) is 0 Å². The second-order valence-electron chi connectivity index (χ2n) is 9.78. The first-order valence-electron chi connectivity index (χ1n) is 12.8. The number of aromatic nitrogens is 4. The van der Waals surface area contributed by atoms with Crippen molar-refractivity contribution in [3.63, 3.8) is 0 Å². The number of nitrogens with two attached hydrogens (primary N) is 1. The molecule has 2 atom stereocenters. The number of imidazole rings is 1. The summed E-state index contributed by atoms with van der Waals surface area (Å²) >= 11 is 5.95. The van der Waals surface area contributed by atoms with Crippen LogP contribution in [-0.2, 0) is 9.59 Å². The normalized spacial score (nSPS) is 16.1. The number of fused-ring (bicyclic) bond motifs is 1. The van der Waals surface area contributed by atoms with Crippen LogP contribution < -0.4 is 11.1 Å². The molecule has 1 fully saturated rings. The molecule has 1 aromatic carbocycles. The largest absolute Gasteiger partial charge is 0.382 e. The summed E-state index contributed by atoms with van der Waals surface area (Å²) < 4.78 is 17.3. The number of carbonyl (C=O) groups is 3. The number of anilines is 2. The molecule has 0 aliphatic carbocycles. The van der Waals surface area contributed by atoms with Gasteiger partial charge in [-0.05, 0) is 43.2 Å². The molecule has 12 heteroatoms. The van der Waals surface area contributed by atoms with Crippen molar-refractivity contribution >= 4 is 46.9 Å². The third kappa shape index (κ3) is 5.37. The lowest BCUT2D eigenvalue weighted by Crippen LogP contribution is -2.42.